The van der Waals surface area contributed by atoms with Crippen LogP contribution >= 0.6 is 0 Å². The van der Waals surface area contributed by atoms with Crippen molar-refractivity contribution in [2.24, 2.45) is 17.3 Å². The molecule has 88 valence electrons. The van der Waals surface area contributed by atoms with Crippen molar-refractivity contribution in [2.75, 3.05) is 0 Å². The van der Waals surface area contributed by atoms with Gasteiger partial charge in [-0.1, -0.05) is 34.6 Å². The van der Waals surface area contributed by atoms with Crippen LogP contribution in [0.4, 0.5) is 0 Å². The molecule has 1 rings (SSSR count). The number of rotatable bonds is 4. The average Bonchev–Trinajstić information content (AvgIpc) is 2.22. The molecule has 1 saturated heterocycles. The van der Waals surface area contributed by atoms with Crippen LogP contribution in [0.5, 0.6) is 0 Å². The lowest BCUT2D eigenvalue weighted by atomic mass is 9.73. The van der Waals surface area contributed by atoms with Crippen LogP contribution in [0.25, 0.3) is 0 Å². The fourth-order valence-electron chi connectivity index (χ4n) is 2.87. The standard InChI is InChI=1S/C13H25NO/c1-9(2)6-11-13(5,7-10(3)4)8-12(15)14-11/h9-11H,6-8H2,1-5H3,(H,14,15). The predicted octanol–water partition coefficient (Wildman–Crippen LogP) is 2.97. The molecule has 15 heavy (non-hydrogen) atoms. The van der Waals surface area contributed by atoms with Crippen LogP contribution in [0, 0.1) is 17.3 Å². The monoisotopic (exact) mass is 211 g/mol. The second-order valence-corrected chi connectivity index (χ2v) is 6.18. The fourth-order valence-corrected chi connectivity index (χ4v) is 2.87. The molecule has 1 aliphatic heterocycles. The summed E-state index contributed by atoms with van der Waals surface area (Å²) in [4.78, 5) is 11.5. The molecule has 0 bridgehead atoms. The summed E-state index contributed by atoms with van der Waals surface area (Å²) in [5.41, 5.74) is 0.176. The van der Waals surface area contributed by atoms with Gasteiger partial charge in [-0.25, -0.2) is 0 Å². The maximum atomic E-state index is 11.5. The Balaban J connectivity index is 2.70. The number of amides is 1. The summed E-state index contributed by atoms with van der Waals surface area (Å²) in [7, 11) is 0. The molecule has 1 fully saturated rings. The van der Waals surface area contributed by atoms with Crippen LogP contribution in [0.3, 0.4) is 0 Å². The zero-order valence-electron chi connectivity index (χ0n) is 10.8. The molecule has 0 aliphatic carbocycles. The summed E-state index contributed by atoms with van der Waals surface area (Å²) < 4.78 is 0. The first-order chi connectivity index (χ1) is 6.83. The molecule has 2 nitrogen and oxygen atoms in total. The highest BCUT2D eigenvalue weighted by atomic mass is 16.2. The molecule has 0 radical (unpaired) electrons. The molecule has 2 heteroatoms. The number of nitrogens with one attached hydrogen (secondary N) is 1. The molecule has 2 atom stereocenters. The Bertz CT molecular complexity index is 235. The average molecular weight is 211 g/mol. The van der Waals surface area contributed by atoms with Gasteiger partial charge in [-0.15, -0.1) is 0 Å². The van der Waals surface area contributed by atoms with E-state index in [1.807, 2.05) is 0 Å². The van der Waals surface area contributed by atoms with Crippen molar-refractivity contribution in [1.82, 2.24) is 5.32 Å². The zero-order valence-corrected chi connectivity index (χ0v) is 10.8. The Kier molecular flexibility index (Phi) is 3.80. The van der Waals surface area contributed by atoms with Gasteiger partial charge in [0.2, 0.25) is 5.91 Å². The molecular weight excluding hydrogens is 186 g/mol. The Labute approximate surface area is 93.8 Å². The van der Waals surface area contributed by atoms with E-state index < -0.39 is 0 Å². The predicted molar refractivity (Wildman–Crippen MR) is 63.6 cm³/mol. The molecule has 0 aromatic rings. The van der Waals surface area contributed by atoms with Crippen molar-refractivity contribution >= 4 is 5.91 Å². The van der Waals surface area contributed by atoms with Gasteiger partial charge in [0.1, 0.15) is 0 Å². The van der Waals surface area contributed by atoms with Crippen LogP contribution in [0.15, 0.2) is 0 Å². The van der Waals surface area contributed by atoms with Gasteiger partial charge in [0.15, 0.2) is 0 Å². The van der Waals surface area contributed by atoms with Gasteiger partial charge in [0.05, 0.1) is 0 Å². The molecule has 1 amide bonds. The van der Waals surface area contributed by atoms with Crippen molar-refractivity contribution in [3.8, 4) is 0 Å². The lowest BCUT2D eigenvalue weighted by Crippen LogP contribution is -2.37. The second kappa shape index (κ2) is 4.54. The Hall–Kier alpha value is -0.530. The molecule has 0 spiro atoms. The maximum Gasteiger partial charge on any atom is 0.220 e. The van der Waals surface area contributed by atoms with E-state index in [1.165, 1.54) is 0 Å². The van der Waals surface area contributed by atoms with Gasteiger partial charge in [0, 0.05) is 12.5 Å². The summed E-state index contributed by atoms with van der Waals surface area (Å²) in [5.74, 6) is 1.56. The topological polar surface area (TPSA) is 29.1 Å². The fraction of sp³-hybridized carbons (Fsp3) is 0.923. The lowest BCUT2D eigenvalue weighted by Gasteiger charge is -2.32. The number of carbonyl (C=O) groups is 1. The minimum absolute atomic E-state index is 0.176. The van der Waals surface area contributed by atoms with Gasteiger partial charge in [-0.05, 0) is 30.1 Å². The molecule has 0 saturated carbocycles. The van der Waals surface area contributed by atoms with Crippen LogP contribution in [-0.2, 0) is 4.79 Å². The van der Waals surface area contributed by atoms with E-state index in [2.05, 4.69) is 39.9 Å². The quantitative estimate of drug-likeness (QED) is 0.761. The third-order valence-electron chi connectivity index (χ3n) is 3.32. The van der Waals surface area contributed by atoms with Crippen LogP contribution in [0.2, 0.25) is 0 Å². The van der Waals surface area contributed by atoms with E-state index in [9.17, 15) is 4.79 Å². The third-order valence-corrected chi connectivity index (χ3v) is 3.32. The highest BCUT2D eigenvalue weighted by Gasteiger charge is 2.43. The van der Waals surface area contributed by atoms with Crippen molar-refractivity contribution in [1.29, 1.82) is 0 Å². The van der Waals surface area contributed by atoms with Crippen LogP contribution < -0.4 is 5.32 Å². The van der Waals surface area contributed by atoms with E-state index in [1.54, 1.807) is 0 Å². The van der Waals surface area contributed by atoms with E-state index in [4.69, 9.17) is 0 Å². The molecule has 0 aromatic heterocycles. The molecule has 2 unspecified atom stereocenters. The third kappa shape index (κ3) is 3.22. The normalized spacial score (nSPS) is 31.4. The minimum Gasteiger partial charge on any atom is -0.353 e. The van der Waals surface area contributed by atoms with E-state index in [0.29, 0.717) is 24.3 Å². The molecule has 1 heterocycles. The first-order valence-corrected chi connectivity index (χ1v) is 6.13. The number of hydrogen-bond donors (Lipinski definition) is 1. The smallest absolute Gasteiger partial charge is 0.220 e. The highest BCUT2D eigenvalue weighted by molar-refractivity contribution is 5.79. The van der Waals surface area contributed by atoms with Gasteiger partial charge < -0.3 is 5.32 Å². The van der Waals surface area contributed by atoms with Crippen LogP contribution in [0.1, 0.15) is 53.9 Å². The largest absolute Gasteiger partial charge is 0.353 e. The van der Waals surface area contributed by atoms with Crippen molar-refractivity contribution in [2.45, 2.75) is 59.9 Å². The highest BCUT2D eigenvalue weighted by Crippen LogP contribution is 2.40. The molecule has 1 aliphatic rings. The summed E-state index contributed by atoms with van der Waals surface area (Å²) >= 11 is 0. The van der Waals surface area contributed by atoms with Gasteiger partial charge in [-0.3, -0.25) is 4.79 Å². The summed E-state index contributed by atoms with van der Waals surface area (Å²) in [5, 5.41) is 3.14. The summed E-state index contributed by atoms with van der Waals surface area (Å²) in [6.45, 7) is 11.2. The second-order valence-electron chi connectivity index (χ2n) is 6.18. The van der Waals surface area contributed by atoms with Crippen LogP contribution in [-0.4, -0.2) is 11.9 Å². The maximum absolute atomic E-state index is 11.5. The van der Waals surface area contributed by atoms with E-state index >= 15 is 0 Å². The minimum atomic E-state index is 0.176. The Morgan fingerprint density at radius 2 is 1.93 bits per heavy atom. The van der Waals surface area contributed by atoms with Crippen molar-refractivity contribution in [3.63, 3.8) is 0 Å². The van der Waals surface area contributed by atoms with E-state index in [0.717, 1.165) is 12.8 Å². The van der Waals surface area contributed by atoms with Crippen molar-refractivity contribution < 1.29 is 4.79 Å². The Morgan fingerprint density at radius 1 is 1.33 bits per heavy atom. The SMILES string of the molecule is CC(C)CC1NC(=O)CC1(C)CC(C)C. The van der Waals surface area contributed by atoms with E-state index in [-0.39, 0.29) is 11.3 Å². The summed E-state index contributed by atoms with van der Waals surface area (Å²) in [6.07, 6.45) is 2.96. The molecule has 1 N–H and O–H groups in total. The number of carbonyl (C=O) groups excluding carboxylic acids is 1. The first kappa shape index (κ1) is 12.5. The lowest BCUT2D eigenvalue weighted by molar-refractivity contribution is -0.119. The molecular formula is C13H25NO. The zero-order chi connectivity index (χ0) is 11.6. The van der Waals surface area contributed by atoms with Crippen molar-refractivity contribution in [3.05, 3.63) is 0 Å². The van der Waals surface area contributed by atoms with Gasteiger partial charge in [0.25, 0.3) is 0 Å². The summed E-state index contributed by atoms with van der Waals surface area (Å²) in [6, 6.07) is 0.382. The molecule has 0 aromatic carbocycles. The number of hydrogen-bond acceptors (Lipinski definition) is 1. The van der Waals surface area contributed by atoms with Gasteiger partial charge in [-0.2, -0.15) is 0 Å². The Morgan fingerprint density at radius 3 is 2.40 bits per heavy atom. The van der Waals surface area contributed by atoms with Gasteiger partial charge >= 0.3 is 0 Å². The first-order valence-electron chi connectivity index (χ1n) is 6.13.